The van der Waals surface area contributed by atoms with Crippen LogP contribution in [-0.4, -0.2) is 43.0 Å². The Morgan fingerprint density at radius 2 is 1.90 bits per heavy atom. The minimum Gasteiger partial charge on any atom is -0.493 e. The van der Waals surface area contributed by atoms with Crippen LogP contribution in [0.3, 0.4) is 0 Å². The highest BCUT2D eigenvalue weighted by Crippen LogP contribution is 2.29. The van der Waals surface area contributed by atoms with Gasteiger partial charge in [0.05, 0.1) is 7.11 Å². The van der Waals surface area contributed by atoms with E-state index in [1.54, 1.807) is 43.3 Å². The third-order valence-corrected chi connectivity index (χ3v) is 4.19. The van der Waals surface area contributed by atoms with Gasteiger partial charge < -0.3 is 20.1 Å². The zero-order valence-corrected chi connectivity index (χ0v) is 16.1. The molecule has 150 valence electrons. The number of carbonyl (C=O) groups excluding carboxylic acids is 3. The predicted molar refractivity (Wildman–Crippen MR) is 107 cm³/mol. The number of nitrogens with zero attached hydrogens (tertiary/aromatic N) is 1. The number of rotatable bonds is 7. The number of nitrogens with one attached hydrogen (secondary N) is 2. The minimum atomic E-state index is -0.444. The molecule has 1 heterocycles. The molecular formula is C21H21N3O5. The van der Waals surface area contributed by atoms with Gasteiger partial charge in [0.25, 0.3) is 11.8 Å². The SMILES string of the molecule is CCN1C(=O)N/C(=C/c2ccc(OCC(=O)Nc3ccccc3)c(OC)c2)C1=O. The molecule has 0 saturated carbocycles. The van der Waals surface area contributed by atoms with Gasteiger partial charge in [0.2, 0.25) is 0 Å². The van der Waals surface area contributed by atoms with Crippen LogP contribution in [-0.2, 0) is 9.59 Å². The summed E-state index contributed by atoms with van der Waals surface area (Å²) in [7, 11) is 1.48. The van der Waals surface area contributed by atoms with E-state index in [1.165, 1.54) is 7.11 Å². The van der Waals surface area contributed by atoms with Gasteiger partial charge in [0.1, 0.15) is 5.70 Å². The van der Waals surface area contributed by atoms with Crippen molar-refractivity contribution in [2.45, 2.75) is 6.92 Å². The molecule has 29 heavy (non-hydrogen) atoms. The van der Waals surface area contributed by atoms with Gasteiger partial charge in [-0.15, -0.1) is 0 Å². The van der Waals surface area contributed by atoms with Gasteiger partial charge in [-0.1, -0.05) is 24.3 Å². The van der Waals surface area contributed by atoms with Crippen molar-refractivity contribution in [1.29, 1.82) is 0 Å². The molecule has 1 saturated heterocycles. The summed E-state index contributed by atoms with van der Waals surface area (Å²) in [6.45, 7) is 1.83. The molecule has 0 bridgehead atoms. The van der Waals surface area contributed by atoms with Gasteiger partial charge in [0.15, 0.2) is 18.1 Å². The van der Waals surface area contributed by atoms with Crippen LogP contribution in [0.2, 0.25) is 0 Å². The summed E-state index contributed by atoms with van der Waals surface area (Å²) in [5.74, 6) is 0.101. The zero-order chi connectivity index (χ0) is 20.8. The predicted octanol–water partition coefficient (Wildman–Crippen LogP) is 2.63. The Hall–Kier alpha value is -3.81. The molecule has 8 nitrogen and oxygen atoms in total. The number of likely N-dealkylation sites (N-methyl/N-ethyl adjacent to an activating group) is 1. The van der Waals surface area contributed by atoms with Gasteiger partial charge in [-0.05, 0) is 42.8 Å². The maximum atomic E-state index is 12.2. The summed E-state index contributed by atoms with van der Waals surface area (Å²) in [5.41, 5.74) is 1.51. The number of para-hydroxylation sites is 1. The molecular weight excluding hydrogens is 374 g/mol. The number of methoxy groups -OCH3 is 1. The van der Waals surface area contributed by atoms with E-state index < -0.39 is 6.03 Å². The third kappa shape index (κ3) is 4.73. The molecule has 3 rings (SSSR count). The van der Waals surface area contributed by atoms with Gasteiger partial charge in [0, 0.05) is 12.2 Å². The quantitative estimate of drug-likeness (QED) is 0.555. The van der Waals surface area contributed by atoms with Crippen molar-refractivity contribution in [3.63, 3.8) is 0 Å². The molecule has 1 fully saturated rings. The number of hydrogen-bond donors (Lipinski definition) is 2. The van der Waals surface area contributed by atoms with Crippen molar-refractivity contribution in [1.82, 2.24) is 10.2 Å². The van der Waals surface area contributed by atoms with Crippen molar-refractivity contribution in [2.24, 2.45) is 0 Å². The van der Waals surface area contributed by atoms with E-state index in [0.717, 1.165) is 4.90 Å². The second-order valence-electron chi connectivity index (χ2n) is 6.15. The molecule has 0 atom stereocenters. The summed E-state index contributed by atoms with van der Waals surface area (Å²) in [6.07, 6.45) is 1.56. The Morgan fingerprint density at radius 1 is 1.14 bits per heavy atom. The molecule has 0 aliphatic carbocycles. The van der Waals surface area contributed by atoms with Crippen LogP contribution in [0.5, 0.6) is 11.5 Å². The van der Waals surface area contributed by atoms with E-state index in [2.05, 4.69) is 10.6 Å². The van der Waals surface area contributed by atoms with Crippen molar-refractivity contribution in [3.8, 4) is 11.5 Å². The average Bonchev–Trinajstić information content (AvgIpc) is 2.99. The number of amides is 4. The van der Waals surface area contributed by atoms with Gasteiger partial charge >= 0.3 is 6.03 Å². The van der Waals surface area contributed by atoms with E-state index in [-0.39, 0.29) is 24.1 Å². The lowest BCUT2D eigenvalue weighted by atomic mass is 10.1. The van der Waals surface area contributed by atoms with Crippen LogP contribution >= 0.6 is 0 Å². The Morgan fingerprint density at radius 3 is 2.55 bits per heavy atom. The maximum Gasteiger partial charge on any atom is 0.328 e. The van der Waals surface area contributed by atoms with Crippen molar-refractivity contribution in [3.05, 3.63) is 59.8 Å². The zero-order valence-electron chi connectivity index (χ0n) is 16.1. The van der Waals surface area contributed by atoms with Gasteiger partial charge in [-0.3, -0.25) is 14.5 Å². The van der Waals surface area contributed by atoms with E-state index in [4.69, 9.17) is 9.47 Å². The summed E-state index contributed by atoms with van der Waals surface area (Å²) in [6, 6.07) is 13.6. The molecule has 0 aromatic heterocycles. The standard InChI is InChI=1S/C21H21N3O5/c1-3-24-20(26)16(23-21(24)27)11-14-9-10-17(18(12-14)28-2)29-13-19(25)22-15-7-5-4-6-8-15/h4-12H,3,13H2,1-2H3,(H,22,25)(H,23,27)/b16-11+. The Kier molecular flexibility index (Phi) is 6.13. The van der Waals surface area contributed by atoms with E-state index in [9.17, 15) is 14.4 Å². The molecule has 2 aromatic carbocycles. The largest absolute Gasteiger partial charge is 0.493 e. The normalized spacial score (nSPS) is 14.7. The number of ether oxygens (including phenoxy) is 2. The summed E-state index contributed by atoms with van der Waals surface area (Å²) >= 11 is 0. The molecule has 8 heteroatoms. The average molecular weight is 395 g/mol. The van der Waals surface area contributed by atoms with Crippen LogP contribution in [0, 0.1) is 0 Å². The highest BCUT2D eigenvalue weighted by Gasteiger charge is 2.32. The molecule has 0 unspecified atom stereocenters. The first-order valence-corrected chi connectivity index (χ1v) is 9.02. The highest BCUT2D eigenvalue weighted by atomic mass is 16.5. The monoisotopic (exact) mass is 395 g/mol. The van der Waals surface area contributed by atoms with E-state index in [0.29, 0.717) is 29.3 Å². The first kappa shape index (κ1) is 19.9. The molecule has 0 spiro atoms. The van der Waals surface area contributed by atoms with E-state index in [1.807, 2.05) is 18.2 Å². The molecule has 1 aliphatic rings. The van der Waals surface area contributed by atoms with Crippen LogP contribution in [0.1, 0.15) is 12.5 Å². The van der Waals surface area contributed by atoms with Gasteiger partial charge in [-0.2, -0.15) is 0 Å². The number of benzene rings is 2. The number of carbonyl (C=O) groups is 3. The van der Waals surface area contributed by atoms with Crippen LogP contribution < -0.4 is 20.1 Å². The molecule has 0 radical (unpaired) electrons. The van der Waals surface area contributed by atoms with Crippen molar-refractivity contribution >= 4 is 29.6 Å². The first-order chi connectivity index (χ1) is 14.0. The molecule has 2 aromatic rings. The Labute approximate surface area is 168 Å². The number of urea groups is 1. The number of hydrogen-bond acceptors (Lipinski definition) is 5. The lowest BCUT2D eigenvalue weighted by Gasteiger charge is -2.12. The molecule has 2 N–H and O–H groups in total. The summed E-state index contributed by atoms with van der Waals surface area (Å²) in [4.78, 5) is 37.1. The van der Waals surface area contributed by atoms with Crippen LogP contribution in [0.25, 0.3) is 6.08 Å². The van der Waals surface area contributed by atoms with Crippen LogP contribution in [0.15, 0.2) is 54.2 Å². The minimum absolute atomic E-state index is 0.189. The fraction of sp³-hybridized carbons (Fsp3) is 0.190. The van der Waals surface area contributed by atoms with Gasteiger partial charge in [-0.25, -0.2) is 4.79 Å². The second kappa shape index (κ2) is 8.92. The molecule has 4 amide bonds. The fourth-order valence-electron chi connectivity index (χ4n) is 2.78. The summed E-state index contributed by atoms with van der Waals surface area (Å²) < 4.78 is 10.9. The Balaban J connectivity index is 1.68. The Bertz CT molecular complexity index is 956. The van der Waals surface area contributed by atoms with Crippen LogP contribution in [0.4, 0.5) is 10.5 Å². The van der Waals surface area contributed by atoms with Crippen molar-refractivity contribution in [2.75, 3.05) is 25.6 Å². The third-order valence-electron chi connectivity index (χ3n) is 4.19. The number of anilines is 1. The second-order valence-corrected chi connectivity index (χ2v) is 6.15. The first-order valence-electron chi connectivity index (χ1n) is 9.02. The topological polar surface area (TPSA) is 97.0 Å². The fourth-order valence-corrected chi connectivity index (χ4v) is 2.78. The lowest BCUT2D eigenvalue weighted by molar-refractivity contribution is -0.122. The maximum absolute atomic E-state index is 12.2. The highest BCUT2D eigenvalue weighted by molar-refractivity contribution is 6.13. The number of imide groups is 1. The smallest absolute Gasteiger partial charge is 0.328 e. The lowest BCUT2D eigenvalue weighted by Crippen LogP contribution is -2.30. The van der Waals surface area contributed by atoms with Crippen molar-refractivity contribution < 1.29 is 23.9 Å². The summed E-state index contributed by atoms with van der Waals surface area (Å²) in [5, 5.41) is 5.27. The van der Waals surface area contributed by atoms with E-state index >= 15 is 0 Å². The molecule has 1 aliphatic heterocycles.